The summed E-state index contributed by atoms with van der Waals surface area (Å²) in [6.07, 6.45) is 0. The number of benzene rings is 2. The first-order valence-electron chi connectivity index (χ1n) is 13.3. The molecule has 0 heterocycles. The van der Waals surface area contributed by atoms with Crippen LogP contribution in [0, 0.1) is 0 Å². The van der Waals surface area contributed by atoms with Crippen molar-refractivity contribution in [1.29, 1.82) is 0 Å². The molecule has 6 nitrogen and oxygen atoms in total. The van der Waals surface area contributed by atoms with Crippen LogP contribution in [0.1, 0.15) is 69.4 Å². The second kappa shape index (κ2) is 16.2. The van der Waals surface area contributed by atoms with Crippen LogP contribution in [0.25, 0.3) is 0 Å². The molecule has 0 amide bonds. The average Bonchev–Trinajstić information content (AvgIpc) is 2.85. The van der Waals surface area contributed by atoms with Gasteiger partial charge in [0, 0.05) is 0 Å². The van der Waals surface area contributed by atoms with E-state index in [9.17, 15) is 0 Å². The molecule has 0 fully saturated rings. The summed E-state index contributed by atoms with van der Waals surface area (Å²) in [5, 5.41) is 9.05. The van der Waals surface area contributed by atoms with Gasteiger partial charge in [0.15, 0.2) is 0 Å². The SMILES string of the molecule is CC(C)(C)c1cc(COCCOCCOCCOCCOCc2ccc(CO)cc2)cc(C(C)(C)C)c1. The fourth-order valence-electron chi connectivity index (χ4n) is 3.54. The minimum atomic E-state index is 0.0592. The lowest BCUT2D eigenvalue weighted by atomic mass is 9.79. The van der Waals surface area contributed by atoms with E-state index in [4.69, 9.17) is 28.8 Å². The first-order chi connectivity index (χ1) is 17.6. The fourth-order valence-corrected chi connectivity index (χ4v) is 3.54. The van der Waals surface area contributed by atoms with Crippen LogP contribution in [0.3, 0.4) is 0 Å². The minimum Gasteiger partial charge on any atom is -0.392 e. The number of hydrogen-bond donors (Lipinski definition) is 1. The molecule has 0 aliphatic carbocycles. The van der Waals surface area contributed by atoms with Crippen LogP contribution in [0.15, 0.2) is 42.5 Å². The van der Waals surface area contributed by atoms with Crippen LogP contribution in [0.5, 0.6) is 0 Å². The van der Waals surface area contributed by atoms with Crippen LogP contribution in [0.4, 0.5) is 0 Å². The van der Waals surface area contributed by atoms with E-state index in [2.05, 4.69) is 59.7 Å². The summed E-state index contributed by atoms with van der Waals surface area (Å²) < 4.78 is 28.2. The minimum absolute atomic E-state index is 0.0592. The molecule has 2 rings (SSSR count). The van der Waals surface area contributed by atoms with Crippen molar-refractivity contribution in [2.24, 2.45) is 0 Å². The van der Waals surface area contributed by atoms with Crippen LogP contribution in [-0.4, -0.2) is 58.0 Å². The molecule has 37 heavy (non-hydrogen) atoms. The van der Waals surface area contributed by atoms with E-state index in [1.807, 2.05) is 24.3 Å². The Kier molecular flexibility index (Phi) is 13.8. The number of hydrogen-bond acceptors (Lipinski definition) is 6. The lowest BCUT2D eigenvalue weighted by molar-refractivity contribution is -0.0138. The Morgan fingerprint density at radius 3 is 1.22 bits per heavy atom. The van der Waals surface area contributed by atoms with Crippen molar-refractivity contribution in [2.45, 2.75) is 72.2 Å². The van der Waals surface area contributed by atoms with Gasteiger partial charge in [0.05, 0.1) is 72.7 Å². The smallest absolute Gasteiger partial charge is 0.0718 e. The normalized spacial score (nSPS) is 12.3. The highest BCUT2D eigenvalue weighted by Crippen LogP contribution is 2.30. The van der Waals surface area contributed by atoms with Gasteiger partial charge in [-0.3, -0.25) is 0 Å². The number of aliphatic hydroxyl groups is 1. The molecule has 0 spiro atoms. The Morgan fingerprint density at radius 2 is 0.838 bits per heavy atom. The van der Waals surface area contributed by atoms with E-state index in [0.29, 0.717) is 66.1 Å². The van der Waals surface area contributed by atoms with Crippen LogP contribution < -0.4 is 0 Å². The lowest BCUT2D eigenvalue weighted by Crippen LogP contribution is -2.17. The van der Waals surface area contributed by atoms with Gasteiger partial charge in [-0.05, 0) is 38.6 Å². The second-order valence-corrected chi connectivity index (χ2v) is 11.3. The third-order valence-electron chi connectivity index (χ3n) is 5.96. The molecular formula is C31H48O6. The van der Waals surface area contributed by atoms with Crippen LogP contribution in [-0.2, 0) is 54.3 Å². The fraction of sp³-hybridized carbons (Fsp3) is 0.613. The molecule has 0 unspecified atom stereocenters. The van der Waals surface area contributed by atoms with E-state index in [-0.39, 0.29) is 17.4 Å². The van der Waals surface area contributed by atoms with Gasteiger partial charge < -0.3 is 28.8 Å². The molecule has 1 N–H and O–H groups in total. The molecule has 0 aromatic heterocycles. The van der Waals surface area contributed by atoms with Gasteiger partial charge in [0.1, 0.15) is 0 Å². The third kappa shape index (κ3) is 13.0. The molecule has 0 radical (unpaired) electrons. The first kappa shape index (κ1) is 31.4. The molecule has 2 aromatic carbocycles. The molecular weight excluding hydrogens is 468 g/mol. The Morgan fingerprint density at radius 1 is 0.486 bits per heavy atom. The largest absolute Gasteiger partial charge is 0.392 e. The lowest BCUT2D eigenvalue weighted by Gasteiger charge is -2.26. The molecule has 0 bridgehead atoms. The van der Waals surface area contributed by atoms with Gasteiger partial charge in [-0.2, -0.15) is 0 Å². The van der Waals surface area contributed by atoms with Gasteiger partial charge in [-0.15, -0.1) is 0 Å². The predicted molar refractivity (Wildman–Crippen MR) is 148 cm³/mol. The molecule has 0 aliphatic heterocycles. The zero-order valence-corrected chi connectivity index (χ0v) is 23.8. The maximum atomic E-state index is 9.05. The number of ether oxygens (including phenoxy) is 5. The van der Waals surface area contributed by atoms with Gasteiger partial charge in [-0.1, -0.05) is 84.0 Å². The van der Waals surface area contributed by atoms with Crippen molar-refractivity contribution in [2.75, 3.05) is 52.9 Å². The van der Waals surface area contributed by atoms with Gasteiger partial charge >= 0.3 is 0 Å². The maximum Gasteiger partial charge on any atom is 0.0718 e. The zero-order chi connectivity index (χ0) is 27.2. The molecule has 0 saturated heterocycles. The number of aliphatic hydroxyl groups excluding tert-OH is 1. The number of rotatable bonds is 17. The van der Waals surface area contributed by atoms with Crippen LogP contribution >= 0.6 is 0 Å². The van der Waals surface area contributed by atoms with Gasteiger partial charge in [-0.25, -0.2) is 0 Å². The predicted octanol–water partition coefficient (Wildman–Crippen LogP) is 5.56. The Bertz CT molecular complexity index is 848. The van der Waals surface area contributed by atoms with Crippen LogP contribution in [0.2, 0.25) is 0 Å². The topological polar surface area (TPSA) is 66.4 Å². The third-order valence-corrected chi connectivity index (χ3v) is 5.96. The summed E-state index contributed by atoms with van der Waals surface area (Å²) in [5.41, 5.74) is 6.08. The van der Waals surface area contributed by atoms with E-state index in [0.717, 1.165) is 11.1 Å². The zero-order valence-electron chi connectivity index (χ0n) is 23.8. The van der Waals surface area contributed by atoms with E-state index in [1.165, 1.54) is 16.7 Å². The Labute approximate surface area is 224 Å². The maximum absolute atomic E-state index is 9.05. The summed E-state index contributed by atoms with van der Waals surface area (Å²) in [6, 6.07) is 14.6. The van der Waals surface area contributed by atoms with Crippen molar-refractivity contribution < 1.29 is 28.8 Å². The summed E-state index contributed by atoms with van der Waals surface area (Å²) >= 11 is 0. The van der Waals surface area contributed by atoms with E-state index in [1.54, 1.807) is 0 Å². The Balaban J connectivity index is 1.46. The Hall–Kier alpha value is -1.80. The molecule has 0 aliphatic rings. The molecule has 208 valence electrons. The van der Waals surface area contributed by atoms with Crippen molar-refractivity contribution in [3.8, 4) is 0 Å². The van der Waals surface area contributed by atoms with Crippen molar-refractivity contribution >= 4 is 0 Å². The molecule has 0 atom stereocenters. The molecule has 2 aromatic rings. The summed E-state index contributed by atoms with van der Waals surface area (Å²) in [7, 11) is 0. The highest BCUT2D eigenvalue weighted by molar-refractivity contribution is 5.37. The van der Waals surface area contributed by atoms with Gasteiger partial charge in [0.2, 0.25) is 0 Å². The van der Waals surface area contributed by atoms with Crippen molar-refractivity contribution in [3.05, 3.63) is 70.3 Å². The quantitative estimate of drug-likeness (QED) is 0.278. The first-order valence-corrected chi connectivity index (χ1v) is 13.3. The summed E-state index contributed by atoms with van der Waals surface area (Å²) in [4.78, 5) is 0. The average molecular weight is 517 g/mol. The highest BCUT2D eigenvalue weighted by Gasteiger charge is 2.20. The monoisotopic (exact) mass is 516 g/mol. The highest BCUT2D eigenvalue weighted by atomic mass is 16.6. The van der Waals surface area contributed by atoms with E-state index < -0.39 is 0 Å². The van der Waals surface area contributed by atoms with E-state index >= 15 is 0 Å². The van der Waals surface area contributed by atoms with Crippen molar-refractivity contribution in [3.63, 3.8) is 0 Å². The summed E-state index contributed by atoms with van der Waals surface area (Å²) in [6.45, 7) is 19.0. The summed E-state index contributed by atoms with van der Waals surface area (Å²) in [5.74, 6) is 0. The second-order valence-electron chi connectivity index (χ2n) is 11.3. The molecule has 6 heteroatoms. The van der Waals surface area contributed by atoms with Crippen molar-refractivity contribution in [1.82, 2.24) is 0 Å². The van der Waals surface area contributed by atoms with Gasteiger partial charge in [0.25, 0.3) is 0 Å². The standard InChI is InChI=1S/C31H48O6/c1-30(2,3)28-19-27(20-29(21-28)31(4,5)6)24-37-18-16-35-14-12-33-11-13-34-15-17-36-23-26-9-7-25(22-32)8-10-26/h7-10,19-21,32H,11-18,22-24H2,1-6H3. The molecule has 0 saturated carbocycles.